The molecule has 1 heterocycles. The van der Waals surface area contributed by atoms with Crippen molar-refractivity contribution in [2.24, 2.45) is 0 Å². The van der Waals surface area contributed by atoms with E-state index in [4.69, 9.17) is 16.6 Å². The van der Waals surface area contributed by atoms with Gasteiger partial charge in [0.1, 0.15) is 5.01 Å². The number of thiazole rings is 1. The van der Waals surface area contributed by atoms with E-state index in [-0.39, 0.29) is 6.04 Å². The van der Waals surface area contributed by atoms with Crippen LogP contribution >= 0.6 is 38.9 Å². The maximum absolute atomic E-state index is 6.10. The fourth-order valence-electron chi connectivity index (χ4n) is 2.27. The number of likely N-dealkylation sites (N-methyl/N-ethyl adjacent to an activating group) is 1. The third-order valence-electron chi connectivity index (χ3n) is 3.39. The number of para-hydroxylation sites is 1. The van der Waals surface area contributed by atoms with Gasteiger partial charge >= 0.3 is 0 Å². The summed E-state index contributed by atoms with van der Waals surface area (Å²) < 4.78 is 2.30. The summed E-state index contributed by atoms with van der Waals surface area (Å²) in [5, 5.41) is 5.22. The van der Waals surface area contributed by atoms with E-state index >= 15 is 0 Å². The van der Waals surface area contributed by atoms with Gasteiger partial charge in [0.25, 0.3) is 0 Å². The molecular weight excluding hydrogens is 368 g/mol. The van der Waals surface area contributed by atoms with Gasteiger partial charge in [-0.1, -0.05) is 39.7 Å². The molecule has 0 aliphatic rings. The van der Waals surface area contributed by atoms with Crippen LogP contribution in [-0.4, -0.2) is 12.0 Å². The quantitative estimate of drug-likeness (QED) is 0.670. The van der Waals surface area contributed by atoms with Gasteiger partial charge in [0.05, 0.1) is 16.3 Å². The number of halogens is 2. The topological polar surface area (TPSA) is 24.9 Å². The number of hydrogen-bond donors (Lipinski definition) is 1. The Morgan fingerprint density at radius 3 is 2.86 bits per heavy atom. The van der Waals surface area contributed by atoms with Gasteiger partial charge in [-0.25, -0.2) is 4.98 Å². The number of aromatic nitrogens is 1. The van der Waals surface area contributed by atoms with E-state index in [2.05, 4.69) is 33.4 Å². The van der Waals surface area contributed by atoms with Crippen LogP contribution in [0.2, 0.25) is 5.02 Å². The lowest BCUT2D eigenvalue weighted by Gasteiger charge is -2.14. The predicted molar refractivity (Wildman–Crippen MR) is 94.3 cm³/mol. The number of rotatable bonds is 4. The second-order valence-electron chi connectivity index (χ2n) is 4.80. The summed E-state index contributed by atoms with van der Waals surface area (Å²) in [4.78, 5) is 4.74. The van der Waals surface area contributed by atoms with Crippen molar-refractivity contribution in [3.63, 3.8) is 0 Å². The van der Waals surface area contributed by atoms with Crippen molar-refractivity contribution in [1.82, 2.24) is 10.3 Å². The lowest BCUT2D eigenvalue weighted by Crippen LogP contribution is -2.18. The van der Waals surface area contributed by atoms with Crippen LogP contribution in [0.25, 0.3) is 10.2 Å². The molecule has 0 saturated carbocycles. The van der Waals surface area contributed by atoms with Crippen molar-refractivity contribution in [3.05, 3.63) is 62.5 Å². The van der Waals surface area contributed by atoms with E-state index in [1.807, 2.05) is 37.4 Å². The van der Waals surface area contributed by atoms with Gasteiger partial charge in [-0.2, -0.15) is 0 Å². The highest BCUT2D eigenvalue weighted by Gasteiger charge is 2.16. The van der Waals surface area contributed by atoms with Gasteiger partial charge in [-0.15, -0.1) is 11.3 Å². The Balaban J connectivity index is 1.92. The van der Waals surface area contributed by atoms with Gasteiger partial charge in [0.15, 0.2) is 0 Å². The van der Waals surface area contributed by atoms with Gasteiger partial charge in [-0.3, -0.25) is 0 Å². The maximum Gasteiger partial charge on any atom is 0.111 e. The van der Waals surface area contributed by atoms with E-state index in [1.54, 1.807) is 11.3 Å². The van der Waals surface area contributed by atoms with Crippen LogP contribution in [0, 0.1) is 0 Å². The largest absolute Gasteiger partial charge is 0.311 e. The van der Waals surface area contributed by atoms with Crippen molar-refractivity contribution < 1.29 is 0 Å². The third-order valence-corrected chi connectivity index (χ3v) is 5.55. The number of benzene rings is 2. The zero-order chi connectivity index (χ0) is 14.8. The summed E-state index contributed by atoms with van der Waals surface area (Å²) >= 11 is 11.4. The molecule has 2 nitrogen and oxygen atoms in total. The molecule has 3 rings (SSSR count). The summed E-state index contributed by atoms with van der Waals surface area (Å²) in [6.07, 6.45) is 0.845. The maximum atomic E-state index is 6.10. The first-order valence-corrected chi connectivity index (χ1v) is 8.63. The van der Waals surface area contributed by atoms with Crippen molar-refractivity contribution >= 4 is 49.1 Å². The zero-order valence-corrected chi connectivity index (χ0v) is 14.6. The normalized spacial score (nSPS) is 12.7. The van der Waals surface area contributed by atoms with Gasteiger partial charge in [0.2, 0.25) is 0 Å². The van der Waals surface area contributed by atoms with E-state index in [0.29, 0.717) is 0 Å². The molecule has 0 radical (unpaired) electrons. The van der Waals surface area contributed by atoms with Gasteiger partial charge in [-0.05, 0) is 49.4 Å². The molecule has 0 saturated heterocycles. The molecule has 108 valence electrons. The zero-order valence-electron chi connectivity index (χ0n) is 11.4. The molecule has 1 N–H and O–H groups in total. The number of nitrogens with one attached hydrogen (secondary N) is 1. The van der Waals surface area contributed by atoms with Crippen LogP contribution < -0.4 is 5.32 Å². The molecule has 0 aliphatic carbocycles. The Labute approximate surface area is 141 Å². The Kier molecular flexibility index (Phi) is 4.60. The second-order valence-corrected chi connectivity index (χ2v) is 7.15. The molecule has 0 aliphatic heterocycles. The van der Waals surface area contributed by atoms with E-state index in [1.165, 1.54) is 10.3 Å². The smallest absolute Gasteiger partial charge is 0.111 e. The fraction of sp³-hybridized carbons (Fsp3) is 0.188. The number of fused-ring (bicyclic) bond motifs is 1. The Morgan fingerprint density at radius 2 is 2.10 bits per heavy atom. The SMILES string of the molecule is CNC(Cc1cc(Cl)ccc1Br)c1nc2ccccc2s1. The first-order valence-electron chi connectivity index (χ1n) is 6.64. The fourth-order valence-corrected chi connectivity index (χ4v) is 3.95. The number of hydrogen-bond acceptors (Lipinski definition) is 3. The van der Waals surface area contributed by atoms with Crippen LogP contribution in [0.4, 0.5) is 0 Å². The highest BCUT2D eigenvalue weighted by atomic mass is 79.9. The highest BCUT2D eigenvalue weighted by molar-refractivity contribution is 9.10. The molecular formula is C16H14BrClN2S. The second kappa shape index (κ2) is 6.44. The van der Waals surface area contributed by atoms with Crippen molar-refractivity contribution in [2.45, 2.75) is 12.5 Å². The van der Waals surface area contributed by atoms with Crippen molar-refractivity contribution in [3.8, 4) is 0 Å². The van der Waals surface area contributed by atoms with Crippen molar-refractivity contribution in [2.75, 3.05) is 7.05 Å². The van der Waals surface area contributed by atoms with Gasteiger partial charge < -0.3 is 5.32 Å². The average Bonchev–Trinajstić information content (AvgIpc) is 2.91. The minimum Gasteiger partial charge on any atom is -0.311 e. The minimum atomic E-state index is 0.178. The summed E-state index contributed by atoms with van der Waals surface area (Å²) in [6, 6.07) is 14.3. The Hall–Kier alpha value is -0.940. The molecule has 1 atom stereocenters. The first-order chi connectivity index (χ1) is 10.2. The molecule has 1 unspecified atom stereocenters. The van der Waals surface area contributed by atoms with Crippen LogP contribution in [0.5, 0.6) is 0 Å². The summed E-state index contributed by atoms with van der Waals surface area (Å²) in [7, 11) is 1.97. The molecule has 1 aromatic heterocycles. The minimum absolute atomic E-state index is 0.178. The highest BCUT2D eigenvalue weighted by Crippen LogP contribution is 2.30. The molecule has 5 heteroatoms. The summed E-state index contributed by atoms with van der Waals surface area (Å²) in [5.41, 5.74) is 2.24. The van der Waals surface area contributed by atoms with Crippen LogP contribution in [0.3, 0.4) is 0 Å². The standard InChI is InChI=1S/C16H14BrClN2S/c1-19-14(9-10-8-11(18)6-7-12(10)17)16-20-13-4-2-3-5-15(13)21-16/h2-8,14,19H,9H2,1H3. The third kappa shape index (κ3) is 3.29. The van der Waals surface area contributed by atoms with Crippen molar-refractivity contribution in [1.29, 1.82) is 0 Å². The van der Waals surface area contributed by atoms with Crippen LogP contribution in [0.1, 0.15) is 16.6 Å². The van der Waals surface area contributed by atoms with Crippen LogP contribution in [-0.2, 0) is 6.42 Å². The first kappa shape index (κ1) is 15.0. The lowest BCUT2D eigenvalue weighted by molar-refractivity contribution is 0.588. The van der Waals surface area contributed by atoms with E-state index in [0.717, 1.165) is 26.4 Å². The monoisotopic (exact) mass is 380 g/mol. The molecule has 3 aromatic rings. The molecule has 0 spiro atoms. The average molecular weight is 382 g/mol. The number of nitrogens with zero attached hydrogens (tertiary/aromatic N) is 1. The summed E-state index contributed by atoms with van der Waals surface area (Å²) in [6.45, 7) is 0. The lowest BCUT2D eigenvalue weighted by atomic mass is 10.1. The summed E-state index contributed by atoms with van der Waals surface area (Å²) in [5.74, 6) is 0. The van der Waals surface area contributed by atoms with E-state index in [9.17, 15) is 0 Å². The molecule has 2 aromatic carbocycles. The molecule has 21 heavy (non-hydrogen) atoms. The van der Waals surface area contributed by atoms with Crippen LogP contribution in [0.15, 0.2) is 46.9 Å². The Bertz CT molecular complexity index is 739. The predicted octanol–water partition coefficient (Wildman–Crippen LogP) is 5.22. The van der Waals surface area contributed by atoms with E-state index < -0.39 is 0 Å². The molecule has 0 bridgehead atoms. The Morgan fingerprint density at radius 1 is 1.29 bits per heavy atom. The molecule has 0 amide bonds. The van der Waals surface area contributed by atoms with Gasteiger partial charge in [0, 0.05) is 9.50 Å². The molecule has 0 fully saturated rings.